The van der Waals surface area contributed by atoms with Crippen molar-refractivity contribution in [2.75, 3.05) is 52.4 Å². The molecular formula is C16H26N4. The van der Waals surface area contributed by atoms with Crippen LogP contribution < -0.4 is 10.6 Å². The summed E-state index contributed by atoms with van der Waals surface area (Å²) in [6, 6.07) is 10.9. The second-order valence-corrected chi connectivity index (χ2v) is 5.74. The van der Waals surface area contributed by atoms with E-state index >= 15 is 0 Å². The van der Waals surface area contributed by atoms with Crippen LogP contribution in [0, 0.1) is 0 Å². The van der Waals surface area contributed by atoms with Crippen LogP contribution in [0.25, 0.3) is 0 Å². The van der Waals surface area contributed by atoms with Crippen molar-refractivity contribution >= 4 is 0 Å². The molecule has 0 bridgehead atoms. The summed E-state index contributed by atoms with van der Waals surface area (Å²) >= 11 is 0. The van der Waals surface area contributed by atoms with Crippen LogP contribution in [-0.4, -0.2) is 68.3 Å². The molecule has 4 nitrogen and oxygen atoms in total. The number of nitrogens with zero attached hydrogens (tertiary/aromatic N) is 2. The van der Waals surface area contributed by atoms with Crippen LogP contribution in [0.5, 0.6) is 0 Å². The first kappa shape index (κ1) is 14.0. The second-order valence-electron chi connectivity index (χ2n) is 5.74. The van der Waals surface area contributed by atoms with Crippen molar-refractivity contribution in [2.45, 2.75) is 12.6 Å². The van der Waals surface area contributed by atoms with Gasteiger partial charge in [-0.1, -0.05) is 30.3 Å². The molecule has 0 aromatic heterocycles. The molecule has 110 valence electrons. The summed E-state index contributed by atoms with van der Waals surface area (Å²) < 4.78 is 0. The molecular weight excluding hydrogens is 248 g/mol. The van der Waals surface area contributed by atoms with Gasteiger partial charge >= 0.3 is 0 Å². The van der Waals surface area contributed by atoms with Gasteiger partial charge in [0.15, 0.2) is 0 Å². The monoisotopic (exact) mass is 274 g/mol. The third-order valence-electron chi connectivity index (χ3n) is 4.43. The zero-order chi connectivity index (χ0) is 13.6. The molecule has 1 aromatic carbocycles. The molecule has 2 aliphatic rings. The van der Waals surface area contributed by atoms with E-state index in [0.717, 1.165) is 32.6 Å². The zero-order valence-corrected chi connectivity index (χ0v) is 12.2. The smallest absolute Gasteiger partial charge is 0.0752 e. The Hall–Kier alpha value is -0.940. The van der Waals surface area contributed by atoms with Crippen LogP contribution in [0.4, 0.5) is 0 Å². The highest BCUT2D eigenvalue weighted by Gasteiger charge is 2.28. The lowest BCUT2D eigenvalue weighted by molar-refractivity contribution is 0.0176. The van der Waals surface area contributed by atoms with Gasteiger partial charge in [-0.3, -0.25) is 9.80 Å². The van der Waals surface area contributed by atoms with E-state index in [1.165, 1.54) is 31.7 Å². The number of benzene rings is 1. The SMILES string of the molecule is c1ccc(CCN2CCNCC2N2CCNCC2)cc1. The van der Waals surface area contributed by atoms with Crippen molar-refractivity contribution in [2.24, 2.45) is 0 Å². The minimum atomic E-state index is 0.578. The number of piperazine rings is 2. The summed E-state index contributed by atoms with van der Waals surface area (Å²) in [6.07, 6.45) is 1.73. The third kappa shape index (κ3) is 3.58. The Bertz CT molecular complexity index is 389. The topological polar surface area (TPSA) is 30.5 Å². The molecule has 2 aliphatic heterocycles. The van der Waals surface area contributed by atoms with E-state index in [4.69, 9.17) is 0 Å². The fourth-order valence-electron chi connectivity index (χ4n) is 3.25. The van der Waals surface area contributed by atoms with E-state index in [1.807, 2.05) is 0 Å². The van der Waals surface area contributed by atoms with Crippen molar-refractivity contribution in [1.82, 2.24) is 20.4 Å². The average molecular weight is 274 g/mol. The standard InChI is InChI=1S/C16H26N4/c1-2-4-15(5-3-1)6-10-19-13-9-18-14-16(19)20-11-7-17-8-12-20/h1-5,16-18H,6-14H2. The zero-order valence-electron chi connectivity index (χ0n) is 12.2. The van der Waals surface area contributed by atoms with Gasteiger partial charge in [0.25, 0.3) is 0 Å². The van der Waals surface area contributed by atoms with Crippen LogP contribution in [0.2, 0.25) is 0 Å². The molecule has 2 heterocycles. The highest BCUT2D eigenvalue weighted by Crippen LogP contribution is 2.11. The quantitative estimate of drug-likeness (QED) is 0.830. The second kappa shape index (κ2) is 7.18. The summed E-state index contributed by atoms with van der Waals surface area (Å²) in [7, 11) is 0. The fraction of sp³-hybridized carbons (Fsp3) is 0.625. The molecule has 20 heavy (non-hydrogen) atoms. The highest BCUT2D eigenvalue weighted by molar-refractivity contribution is 5.14. The Balaban J connectivity index is 1.57. The fourth-order valence-corrected chi connectivity index (χ4v) is 3.25. The van der Waals surface area contributed by atoms with Gasteiger partial charge in [-0.05, 0) is 12.0 Å². The number of nitrogens with one attached hydrogen (secondary N) is 2. The molecule has 1 aromatic rings. The van der Waals surface area contributed by atoms with Crippen LogP contribution >= 0.6 is 0 Å². The normalized spacial score (nSPS) is 25.7. The Morgan fingerprint density at radius 1 is 0.950 bits per heavy atom. The van der Waals surface area contributed by atoms with Crippen LogP contribution in [0.1, 0.15) is 5.56 Å². The Labute approximate surface area is 122 Å². The lowest BCUT2D eigenvalue weighted by atomic mass is 10.1. The molecule has 4 heteroatoms. The van der Waals surface area contributed by atoms with E-state index in [-0.39, 0.29) is 0 Å². The van der Waals surface area contributed by atoms with E-state index in [1.54, 1.807) is 0 Å². The predicted octanol–water partition coefficient (Wildman–Crippen LogP) is 0.366. The van der Waals surface area contributed by atoms with Gasteiger partial charge in [-0.2, -0.15) is 0 Å². The minimum absolute atomic E-state index is 0.578. The van der Waals surface area contributed by atoms with Crippen molar-refractivity contribution < 1.29 is 0 Å². The summed E-state index contributed by atoms with van der Waals surface area (Å²) in [5, 5.41) is 7.00. The average Bonchev–Trinajstić information content (AvgIpc) is 2.55. The first-order valence-electron chi connectivity index (χ1n) is 7.87. The molecule has 0 aliphatic carbocycles. The first-order valence-corrected chi connectivity index (χ1v) is 7.87. The lowest BCUT2D eigenvalue weighted by Gasteiger charge is -2.44. The lowest BCUT2D eigenvalue weighted by Crippen LogP contribution is -2.62. The maximum Gasteiger partial charge on any atom is 0.0752 e. The van der Waals surface area contributed by atoms with Gasteiger partial charge in [-0.15, -0.1) is 0 Å². The maximum absolute atomic E-state index is 3.56. The molecule has 3 rings (SSSR count). The molecule has 2 saturated heterocycles. The summed E-state index contributed by atoms with van der Waals surface area (Å²) in [5.41, 5.74) is 1.45. The molecule has 0 saturated carbocycles. The molecule has 2 fully saturated rings. The molecule has 2 N–H and O–H groups in total. The van der Waals surface area contributed by atoms with Gasteiger partial charge in [0.05, 0.1) is 6.17 Å². The van der Waals surface area contributed by atoms with E-state index in [2.05, 4.69) is 50.8 Å². The van der Waals surface area contributed by atoms with Crippen LogP contribution in [0.3, 0.4) is 0 Å². The molecule has 1 atom stereocenters. The van der Waals surface area contributed by atoms with Gasteiger partial charge in [0.1, 0.15) is 0 Å². The Kier molecular flexibility index (Phi) is 5.03. The molecule has 0 amide bonds. The Morgan fingerprint density at radius 3 is 2.50 bits per heavy atom. The van der Waals surface area contributed by atoms with Crippen molar-refractivity contribution in [1.29, 1.82) is 0 Å². The van der Waals surface area contributed by atoms with Crippen LogP contribution in [-0.2, 0) is 6.42 Å². The largest absolute Gasteiger partial charge is 0.314 e. The van der Waals surface area contributed by atoms with Crippen molar-refractivity contribution in [3.63, 3.8) is 0 Å². The van der Waals surface area contributed by atoms with Gasteiger partial charge in [-0.25, -0.2) is 0 Å². The van der Waals surface area contributed by atoms with E-state index < -0.39 is 0 Å². The molecule has 1 unspecified atom stereocenters. The van der Waals surface area contributed by atoms with E-state index in [0.29, 0.717) is 6.17 Å². The van der Waals surface area contributed by atoms with Crippen molar-refractivity contribution in [3.8, 4) is 0 Å². The third-order valence-corrected chi connectivity index (χ3v) is 4.43. The van der Waals surface area contributed by atoms with Gasteiger partial charge in [0, 0.05) is 52.4 Å². The molecule has 0 spiro atoms. The number of rotatable bonds is 4. The summed E-state index contributed by atoms with van der Waals surface area (Å²) in [5.74, 6) is 0. The summed E-state index contributed by atoms with van der Waals surface area (Å²) in [6.45, 7) is 9.17. The maximum atomic E-state index is 3.56. The predicted molar refractivity (Wildman–Crippen MR) is 82.8 cm³/mol. The summed E-state index contributed by atoms with van der Waals surface area (Å²) in [4.78, 5) is 5.29. The minimum Gasteiger partial charge on any atom is -0.314 e. The van der Waals surface area contributed by atoms with Crippen molar-refractivity contribution in [3.05, 3.63) is 35.9 Å². The number of hydrogen-bond donors (Lipinski definition) is 2. The number of hydrogen-bond acceptors (Lipinski definition) is 4. The Morgan fingerprint density at radius 2 is 1.70 bits per heavy atom. The highest BCUT2D eigenvalue weighted by atomic mass is 15.4. The van der Waals surface area contributed by atoms with E-state index in [9.17, 15) is 0 Å². The molecule has 0 radical (unpaired) electrons. The van der Waals surface area contributed by atoms with Gasteiger partial charge in [0.2, 0.25) is 0 Å². The van der Waals surface area contributed by atoms with Gasteiger partial charge < -0.3 is 10.6 Å². The van der Waals surface area contributed by atoms with Crippen LogP contribution in [0.15, 0.2) is 30.3 Å². The first-order chi connectivity index (χ1) is 9.93.